The molecule has 0 aliphatic carbocycles. The van der Waals surface area contributed by atoms with Crippen molar-refractivity contribution in [1.29, 1.82) is 0 Å². The van der Waals surface area contributed by atoms with Gasteiger partial charge in [-0.2, -0.15) is 10.1 Å². The summed E-state index contributed by atoms with van der Waals surface area (Å²) in [4.78, 5) is 12.6. The zero-order valence-corrected chi connectivity index (χ0v) is 13.0. The van der Waals surface area contributed by atoms with E-state index in [9.17, 15) is 4.79 Å². The molecule has 0 atom stereocenters. The van der Waals surface area contributed by atoms with Crippen LogP contribution in [0, 0.1) is 0 Å². The van der Waals surface area contributed by atoms with Gasteiger partial charge < -0.3 is 10.1 Å². The second-order valence-electron chi connectivity index (χ2n) is 5.04. The SMILES string of the molecule is COc1ccccc1NC=C1C(=O)N(c2ccccc2)N=C1C. The highest BCUT2D eigenvalue weighted by molar-refractivity contribution is 6.29. The van der Waals surface area contributed by atoms with Gasteiger partial charge in [-0.05, 0) is 31.2 Å². The fourth-order valence-electron chi connectivity index (χ4n) is 2.34. The molecule has 0 aromatic heterocycles. The summed E-state index contributed by atoms with van der Waals surface area (Å²) in [5.41, 5.74) is 2.74. The van der Waals surface area contributed by atoms with Crippen LogP contribution in [-0.4, -0.2) is 18.7 Å². The molecule has 0 radical (unpaired) electrons. The van der Waals surface area contributed by atoms with E-state index in [2.05, 4.69) is 10.4 Å². The number of rotatable bonds is 4. The molecule has 1 heterocycles. The van der Waals surface area contributed by atoms with Gasteiger partial charge in [-0.3, -0.25) is 4.79 Å². The fourth-order valence-corrected chi connectivity index (χ4v) is 2.34. The number of nitrogens with zero attached hydrogens (tertiary/aromatic N) is 2. The highest BCUT2D eigenvalue weighted by Crippen LogP contribution is 2.26. The van der Waals surface area contributed by atoms with E-state index in [0.717, 1.165) is 11.4 Å². The van der Waals surface area contributed by atoms with Crippen LogP contribution >= 0.6 is 0 Å². The first-order chi connectivity index (χ1) is 11.2. The number of anilines is 2. The lowest BCUT2D eigenvalue weighted by Gasteiger charge is -2.11. The van der Waals surface area contributed by atoms with Crippen molar-refractivity contribution in [2.45, 2.75) is 6.92 Å². The van der Waals surface area contributed by atoms with Crippen molar-refractivity contribution in [3.05, 3.63) is 66.4 Å². The molecule has 2 aromatic rings. The standard InChI is InChI=1S/C18H17N3O2/c1-13-15(12-19-16-10-6-7-11-17(16)23-2)18(22)21(20-13)14-8-4-3-5-9-14/h3-12,19H,1-2H3. The Hall–Kier alpha value is -3.08. The predicted molar refractivity (Wildman–Crippen MR) is 91.7 cm³/mol. The second kappa shape index (κ2) is 6.36. The Bertz CT molecular complexity index is 782. The summed E-state index contributed by atoms with van der Waals surface area (Å²) < 4.78 is 5.29. The van der Waals surface area contributed by atoms with E-state index in [1.807, 2.05) is 61.5 Å². The smallest absolute Gasteiger partial charge is 0.282 e. The maximum atomic E-state index is 12.6. The Morgan fingerprint density at radius 2 is 1.78 bits per heavy atom. The molecule has 23 heavy (non-hydrogen) atoms. The molecule has 0 fully saturated rings. The molecule has 5 nitrogen and oxygen atoms in total. The number of hydrogen-bond donors (Lipinski definition) is 1. The molecule has 2 aromatic carbocycles. The van der Waals surface area contributed by atoms with Crippen molar-refractivity contribution in [3.63, 3.8) is 0 Å². The predicted octanol–water partition coefficient (Wildman–Crippen LogP) is 3.41. The number of benzene rings is 2. The summed E-state index contributed by atoms with van der Waals surface area (Å²) >= 11 is 0. The van der Waals surface area contributed by atoms with E-state index in [0.29, 0.717) is 17.0 Å². The maximum absolute atomic E-state index is 12.6. The van der Waals surface area contributed by atoms with Crippen LogP contribution in [0.4, 0.5) is 11.4 Å². The molecular weight excluding hydrogens is 290 g/mol. The highest BCUT2D eigenvalue weighted by atomic mass is 16.5. The Balaban J connectivity index is 1.84. The maximum Gasteiger partial charge on any atom is 0.282 e. The number of hydrazone groups is 1. The van der Waals surface area contributed by atoms with Gasteiger partial charge in [0.05, 0.1) is 29.8 Å². The van der Waals surface area contributed by atoms with Crippen LogP contribution in [0.5, 0.6) is 5.75 Å². The second-order valence-corrected chi connectivity index (χ2v) is 5.04. The third-order valence-electron chi connectivity index (χ3n) is 3.54. The quantitative estimate of drug-likeness (QED) is 0.881. The number of para-hydroxylation sites is 3. The number of ether oxygens (including phenoxy) is 1. The summed E-state index contributed by atoms with van der Waals surface area (Å²) in [5, 5.41) is 8.87. The topological polar surface area (TPSA) is 53.9 Å². The van der Waals surface area contributed by atoms with Gasteiger partial charge in [-0.25, -0.2) is 0 Å². The minimum Gasteiger partial charge on any atom is -0.495 e. The molecule has 0 spiro atoms. The van der Waals surface area contributed by atoms with Crippen LogP contribution in [0.3, 0.4) is 0 Å². The van der Waals surface area contributed by atoms with Gasteiger partial charge in [0.15, 0.2) is 0 Å². The third kappa shape index (κ3) is 2.94. The molecule has 3 rings (SSSR count). The van der Waals surface area contributed by atoms with Gasteiger partial charge in [-0.15, -0.1) is 0 Å². The van der Waals surface area contributed by atoms with Gasteiger partial charge in [0.25, 0.3) is 5.91 Å². The Kier molecular flexibility index (Phi) is 4.10. The molecule has 0 saturated carbocycles. The van der Waals surface area contributed by atoms with E-state index in [1.165, 1.54) is 5.01 Å². The molecule has 1 aliphatic rings. The number of hydrogen-bond acceptors (Lipinski definition) is 4. The zero-order chi connectivity index (χ0) is 16.2. The number of carbonyl (C=O) groups excluding carboxylic acids is 1. The largest absolute Gasteiger partial charge is 0.495 e. The summed E-state index contributed by atoms with van der Waals surface area (Å²) in [7, 11) is 1.61. The van der Waals surface area contributed by atoms with Crippen molar-refractivity contribution < 1.29 is 9.53 Å². The van der Waals surface area contributed by atoms with Crippen molar-refractivity contribution >= 4 is 23.0 Å². The zero-order valence-electron chi connectivity index (χ0n) is 13.0. The van der Waals surface area contributed by atoms with E-state index in [-0.39, 0.29) is 5.91 Å². The minimum absolute atomic E-state index is 0.156. The molecule has 0 unspecified atom stereocenters. The Morgan fingerprint density at radius 3 is 2.52 bits per heavy atom. The summed E-state index contributed by atoms with van der Waals surface area (Å²) in [6.07, 6.45) is 1.67. The molecule has 1 aliphatic heterocycles. The van der Waals surface area contributed by atoms with Crippen molar-refractivity contribution in [1.82, 2.24) is 0 Å². The lowest BCUT2D eigenvalue weighted by molar-refractivity contribution is -0.114. The van der Waals surface area contributed by atoms with Crippen LogP contribution in [-0.2, 0) is 4.79 Å². The summed E-state index contributed by atoms with van der Waals surface area (Å²) in [6.45, 7) is 1.82. The number of amides is 1. The molecule has 116 valence electrons. The first-order valence-electron chi connectivity index (χ1n) is 7.25. The number of methoxy groups -OCH3 is 1. The average molecular weight is 307 g/mol. The lowest BCUT2D eigenvalue weighted by Crippen LogP contribution is -2.21. The normalized spacial score (nSPS) is 15.7. The van der Waals surface area contributed by atoms with E-state index in [1.54, 1.807) is 13.3 Å². The van der Waals surface area contributed by atoms with Crippen LogP contribution in [0.25, 0.3) is 0 Å². The molecule has 1 amide bonds. The van der Waals surface area contributed by atoms with E-state index >= 15 is 0 Å². The van der Waals surface area contributed by atoms with Crippen LogP contribution in [0.1, 0.15) is 6.92 Å². The number of carbonyl (C=O) groups is 1. The monoisotopic (exact) mass is 307 g/mol. The van der Waals surface area contributed by atoms with Crippen molar-refractivity contribution in [2.75, 3.05) is 17.4 Å². The minimum atomic E-state index is -0.156. The summed E-state index contributed by atoms with van der Waals surface area (Å²) in [5.74, 6) is 0.556. The van der Waals surface area contributed by atoms with E-state index < -0.39 is 0 Å². The highest BCUT2D eigenvalue weighted by Gasteiger charge is 2.28. The van der Waals surface area contributed by atoms with Gasteiger partial charge in [0, 0.05) is 6.20 Å². The average Bonchev–Trinajstić information content (AvgIpc) is 2.88. The fraction of sp³-hybridized carbons (Fsp3) is 0.111. The Morgan fingerprint density at radius 1 is 1.09 bits per heavy atom. The number of nitrogens with one attached hydrogen (secondary N) is 1. The van der Waals surface area contributed by atoms with Crippen LogP contribution in [0.2, 0.25) is 0 Å². The van der Waals surface area contributed by atoms with Crippen LogP contribution in [0.15, 0.2) is 71.5 Å². The molecule has 0 saturated heterocycles. The van der Waals surface area contributed by atoms with Gasteiger partial charge >= 0.3 is 0 Å². The third-order valence-corrected chi connectivity index (χ3v) is 3.54. The van der Waals surface area contributed by atoms with Crippen molar-refractivity contribution in [3.8, 4) is 5.75 Å². The molecule has 0 bridgehead atoms. The van der Waals surface area contributed by atoms with Crippen LogP contribution < -0.4 is 15.1 Å². The van der Waals surface area contributed by atoms with E-state index in [4.69, 9.17) is 4.74 Å². The molecule has 5 heteroatoms. The lowest BCUT2D eigenvalue weighted by atomic mass is 10.2. The van der Waals surface area contributed by atoms with Gasteiger partial charge in [0.1, 0.15) is 5.75 Å². The summed E-state index contributed by atoms with van der Waals surface area (Å²) in [6, 6.07) is 16.9. The Labute approximate surface area is 134 Å². The van der Waals surface area contributed by atoms with Gasteiger partial charge in [-0.1, -0.05) is 30.3 Å². The molecular formula is C18H17N3O2. The van der Waals surface area contributed by atoms with Crippen molar-refractivity contribution in [2.24, 2.45) is 5.10 Å². The molecule has 1 N–H and O–H groups in total. The first kappa shape index (κ1) is 14.8. The van der Waals surface area contributed by atoms with Gasteiger partial charge in [0.2, 0.25) is 0 Å². The first-order valence-corrected chi connectivity index (χ1v) is 7.25.